The van der Waals surface area contributed by atoms with Crippen molar-refractivity contribution < 1.29 is 4.79 Å². The maximum Gasteiger partial charge on any atom is 0.221 e. The van der Waals surface area contributed by atoms with Crippen LogP contribution >= 0.6 is 11.3 Å². The highest BCUT2D eigenvalue weighted by molar-refractivity contribution is 7.17. The molecule has 0 aliphatic carbocycles. The summed E-state index contributed by atoms with van der Waals surface area (Å²) in [6, 6.07) is 21.6. The van der Waals surface area contributed by atoms with Gasteiger partial charge >= 0.3 is 0 Å². The predicted molar refractivity (Wildman–Crippen MR) is 129 cm³/mol. The molecule has 5 rings (SSSR count). The number of carbonyl (C=O) groups excluding carboxylic acids is 1. The summed E-state index contributed by atoms with van der Waals surface area (Å²) < 4.78 is 0. The van der Waals surface area contributed by atoms with E-state index < -0.39 is 0 Å². The second-order valence-corrected chi connectivity index (χ2v) is 8.16. The van der Waals surface area contributed by atoms with E-state index in [0.29, 0.717) is 5.82 Å². The van der Waals surface area contributed by atoms with E-state index in [4.69, 9.17) is 15.7 Å². The Balaban J connectivity index is 1.62. The number of primary amides is 1. The molecule has 3 aromatic heterocycles. The zero-order valence-electron chi connectivity index (χ0n) is 17.0. The summed E-state index contributed by atoms with van der Waals surface area (Å²) in [4.78, 5) is 26.0. The Morgan fingerprint density at radius 1 is 0.938 bits per heavy atom. The quantitative estimate of drug-likeness (QED) is 0.381. The molecule has 0 aliphatic heterocycles. The first-order chi connectivity index (χ1) is 15.7. The summed E-state index contributed by atoms with van der Waals surface area (Å²) in [5.74, 6) is 0.978. The second-order valence-electron chi connectivity index (χ2n) is 7.30. The molecule has 7 heteroatoms. The highest BCUT2D eigenvalue weighted by Crippen LogP contribution is 2.39. The molecule has 156 valence electrons. The maximum atomic E-state index is 11.2. The zero-order chi connectivity index (χ0) is 21.9. The van der Waals surface area contributed by atoms with Crippen molar-refractivity contribution in [2.24, 2.45) is 5.73 Å². The van der Waals surface area contributed by atoms with Gasteiger partial charge in [-0.25, -0.2) is 9.97 Å². The third-order valence-electron chi connectivity index (χ3n) is 5.03. The fraction of sp³-hybridized carbons (Fsp3) is 0.0400. The van der Waals surface area contributed by atoms with E-state index >= 15 is 0 Å². The first-order valence-corrected chi connectivity index (χ1v) is 10.9. The molecule has 0 aliphatic rings. The van der Waals surface area contributed by atoms with Crippen molar-refractivity contribution in [3.05, 3.63) is 90.1 Å². The molecule has 3 heterocycles. The Morgan fingerprint density at radius 2 is 1.72 bits per heavy atom. The number of hydrogen-bond donors (Lipinski definition) is 2. The molecule has 0 saturated carbocycles. The van der Waals surface area contributed by atoms with E-state index in [0.717, 1.165) is 44.0 Å². The van der Waals surface area contributed by atoms with Crippen LogP contribution in [0.15, 0.2) is 84.5 Å². The van der Waals surface area contributed by atoms with Gasteiger partial charge in [0.2, 0.25) is 5.91 Å². The van der Waals surface area contributed by atoms with Gasteiger partial charge in [0.15, 0.2) is 5.82 Å². The van der Waals surface area contributed by atoms with Gasteiger partial charge in [0.1, 0.15) is 10.6 Å². The minimum Gasteiger partial charge on any atom is -0.369 e. The van der Waals surface area contributed by atoms with Crippen LogP contribution in [-0.2, 0) is 11.2 Å². The van der Waals surface area contributed by atoms with Crippen LogP contribution in [-0.4, -0.2) is 20.9 Å². The summed E-state index contributed by atoms with van der Waals surface area (Å²) in [5.41, 5.74) is 10.1. The van der Waals surface area contributed by atoms with E-state index in [-0.39, 0.29) is 12.3 Å². The average Bonchev–Trinajstić information content (AvgIpc) is 3.26. The fourth-order valence-corrected chi connectivity index (χ4v) is 4.48. The van der Waals surface area contributed by atoms with E-state index in [1.807, 2.05) is 54.6 Å². The van der Waals surface area contributed by atoms with Gasteiger partial charge in [-0.3, -0.25) is 9.78 Å². The van der Waals surface area contributed by atoms with Gasteiger partial charge < -0.3 is 11.1 Å². The second kappa shape index (κ2) is 8.56. The summed E-state index contributed by atoms with van der Waals surface area (Å²) >= 11 is 1.59. The number of nitrogens with one attached hydrogen (secondary N) is 1. The predicted octanol–water partition coefficient (Wildman–Crippen LogP) is 5.19. The van der Waals surface area contributed by atoms with Crippen LogP contribution in [0.1, 0.15) is 5.56 Å². The highest BCUT2D eigenvalue weighted by Gasteiger charge is 2.16. The van der Waals surface area contributed by atoms with Crippen molar-refractivity contribution in [1.29, 1.82) is 0 Å². The summed E-state index contributed by atoms with van der Waals surface area (Å²) in [6.45, 7) is 0. The summed E-state index contributed by atoms with van der Waals surface area (Å²) in [7, 11) is 0. The number of benzene rings is 2. The number of fused-ring (bicyclic) bond motifs is 1. The molecule has 0 unspecified atom stereocenters. The molecule has 0 radical (unpaired) electrons. The first-order valence-electron chi connectivity index (χ1n) is 10.1. The Kier molecular flexibility index (Phi) is 5.31. The standard InChI is InChI=1S/C25H19N5OS/c26-21(31)13-16-8-10-19(11-9-16)28-24-22-20(17-5-2-1-3-6-17)15-32-25(22)30-23(29-24)18-7-4-12-27-14-18/h1-12,14-15H,13H2,(H2,26,31)(H,28,29,30). The Morgan fingerprint density at radius 3 is 2.44 bits per heavy atom. The van der Waals surface area contributed by atoms with Crippen molar-refractivity contribution in [2.75, 3.05) is 5.32 Å². The number of thiophene rings is 1. The van der Waals surface area contributed by atoms with Gasteiger partial charge in [0.25, 0.3) is 0 Å². The lowest BCUT2D eigenvalue weighted by Crippen LogP contribution is -2.13. The van der Waals surface area contributed by atoms with Crippen molar-refractivity contribution in [1.82, 2.24) is 15.0 Å². The molecule has 3 N–H and O–H groups in total. The third kappa shape index (κ3) is 4.06. The van der Waals surface area contributed by atoms with Crippen LogP contribution in [0.3, 0.4) is 0 Å². The lowest BCUT2D eigenvalue weighted by molar-refractivity contribution is -0.117. The summed E-state index contributed by atoms with van der Waals surface area (Å²) in [6.07, 6.45) is 3.70. The minimum atomic E-state index is -0.352. The number of aromatic nitrogens is 3. The molecule has 1 amide bonds. The molecular weight excluding hydrogens is 418 g/mol. The number of rotatable bonds is 6. The molecule has 0 fully saturated rings. The molecule has 0 spiro atoms. The summed E-state index contributed by atoms with van der Waals surface area (Å²) in [5, 5.41) is 6.53. The molecule has 0 atom stereocenters. The van der Waals surface area contributed by atoms with E-state index in [1.165, 1.54) is 0 Å². The number of nitrogens with zero attached hydrogens (tertiary/aromatic N) is 3. The van der Waals surface area contributed by atoms with E-state index in [1.54, 1.807) is 23.7 Å². The molecule has 0 saturated heterocycles. The van der Waals surface area contributed by atoms with Gasteiger partial charge in [-0.05, 0) is 35.4 Å². The largest absolute Gasteiger partial charge is 0.369 e. The topological polar surface area (TPSA) is 93.8 Å². The van der Waals surface area contributed by atoms with Crippen molar-refractivity contribution >= 4 is 39.0 Å². The maximum absolute atomic E-state index is 11.2. The monoisotopic (exact) mass is 437 g/mol. The van der Waals surface area contributed by atoms with Crippen LogP contribution in [0.4, 0.5) is 11.5 Å². The number of nitrogens with two attached hydrogens (primary N) is 1. The number of hydrogen-bond acceptors (Lipinski definition) is 6. The molecular formula is C25H19N5OS. The molecule has 32 heavy (non-hydrogen) atoms. The van der Waals surface area contributed by atoms with Crippen molar-refractivity contribution in [3.63, 3.8) is 0 Å². The van der Waals surface area contributed by atoms with Gasteiger partial charge in [-0.2, -0.15) is 0 Å². The molecule has 5 aromatic rings. The van der Waals surface area contributed by atoms with Crippen molar-refractivity contribution in [3.8, 4) is 22.5 Å². The van der Waals surface area contributed by atoms with Crippen LogP contribution < -0.4 is 11.1 Å². The van der Waals surface area contributed by atoms with E-state index in [2.05, 4.69) is 27.8 Å². The molecule has 0 bridgehead atoms. The SMILES string of the molecule is NC(=O)Cc1ccc(Nc2nc(-c3cccnc3)nc3scc(-c4ccccc4)c23)cc1. The van der Waals surface area contributed by atoms with Gasteiger partial charge in [-0.1, -0.05) is 42.5 Å². The Hall–Kier alpha value is -4.10. The fourth-order valence-electron chi connectivity index (χ4n) is 3.53. The minimum absolute atomic E-state index is 0.214. The average molecular weight is 438 g/mol. The number of carbonyl (C=O) groups is 1. The molecule has 2 aromatic carbocycles. The van der Waals surface area contributed by atoms with Crippen molar-refractivity contribution in [2.45, 2.75) is 6.42 Å². The Bertz CT molecular complexity index is 1380. The first kappa shape index (κ1) is 19.8. The Labute approximate surface area is 188 Å². The van der Waals surface area contributed by atoms with Crippen LogP contribution in [0.25, 0.3) is 32.7 Å². The smallest absolute Gasteiger partial charge is 0.221 e. The van der Waals surface area contributed by atoms with Crippen LogP contribution in [0.2, 0.25) is 0 Å². The van der Waals surface area contributed by atoms with Crippen LogP contribution in [0.5, 0.6) is 0 Å². The van der Waals surface area contributed by atoms with Gasteiger partial charge in [-0.15, -0.1) is 11.3 Å². The lowest BCUT2D eigenvalue weighted by atomic mass is 10.1. The lowest BCUT2D eigenvalue weighted by Gasteiger charge is -2.11. The van der Waals surface area contributed by atoms with E-state index in [9.17, 15) is 4.79 Å². The number of amides is 1. The van der Waals surface area contributed by atoms with Gasteiger partial charge in [0, 0.05) is 34.6 Å². The molecule has 6 nitrogen and oxygen atoms in total. The number of anilines is 2. The van der Waals surface area contributed by atoms with Crippen LogP contribution in [0, 0.1) is 0 Å². The number of pyridine rings is 1. The highest BCUT2D eigenvalue weighted by atomic mass is 32.1. The zero-order valence-corrected chi connectivity index (χ0v) is 17.8. The third-order valence-corrected chi connectivity index (χ3v) is 5.91. The van der Waals surface area contributed by atoms with Gasteiger partial charge in [0.05, 0.1) is 11.8 Å². The normalized spacial score (nSPS) is 10.9.